The van der Waals surface area contributed by atoms with Crippen LogP contribution in [-0.2, 0) is 22.5 Å². The monoisotopic (exact) mass is 399 g/mol. The van der Waals surface area contributed by atoms with Crippen molar-refractivity contribution in [1.82, 2.24) is 4.90 Å². The summed E-state index contributed by atoms with van der Waals surface area (Å²) in [5.41, 5.74) is 1.31. The first-order valence-corrected chi connectivity index (χ1v) is 9.49. The Labute approximate surface area is 165 Å². The Kier molecular flexibility index (Phi) is 4.79. The quantitative estimate of drug-likeness (QED) is 0.833. The van der Waals surface area contributed by atoms with E-state index in [1.807, 2.05) is 6.07 Å². The SMILES string of the molecule is COC(=O)N1CCc2c(sc(NC(=O)[C@H]3COc4ccccc4O3)c2C#N)C1. The van der Waals surface area contributed by atoms with Gasteiger partial charge in [-0.15, -0.1) is 11.3 Å². The molecule has 0 aliphatic carbocycles. The van der Waals surface area contributed by atoms with Crippen molar-refractivity contribution in [2.24, 2.45) is 0 Å². The highest BCUT2D eigenvalue weighted by molar-refractivity contribution is 7.16. The van der Waals surface area contributed by atoms with Crippen LogP contribution in [0.5, 0.6) is 11.5 Å². The summed E-state index contributed by atoms with van der Waals surface area (Å²) in [6.45, 7) is 0.911. The van der Waals surface area contributed by atoms with E-state index in [0.717, 1.165) is 10.4 Å². The molecule has 144 valence electrons. The minimum Gasteiger partial charge on any atom is -0.485 e. The number of para-hydroxylation sites is 2. The first kappa shape index (κ1) is 18.1. The second kappa shape index (κ2) is 7.40. The molecular formula is C19H17N3O5S. The minimum absolute atomic E-state index is 0.0892. The highest BCUT2D eigenvalue weighted by Gasteiger charge is 2.31. The highest BCUT2D eigenvalue weighted by Crippen LogP contribution is 2.37. The lowest BCUT2D eigenvalue weighted by molar-refractivity contribution is -0.125. The molecule has 2 aliphatic heterocycles. The van der Waals surface area contributed by atoms with Crippen molar-refractivity contribution in [2.75, 3.05) is 25.6 Å². The number of anilines is 1. The van der Waals surface area contributed by atoms with Crippen LogP contribution in [-0.4, -0.2) is 43.3 Å². The number of rotatable bonds is 2. The average Bonchev–Trinajstić information content (AvgIpc) is 3.08. The van der Waals surface area contributed by atoms with Gasteiger partial charge in [0.1, 0.15) is 17.7 Å². The Morgan fingerprint density at radius 2 is 2.14 bits per heavy atom. The number of benzene rings is 1. The predicted molar refractivity (Wildman–Crippen MR) is 101 cm³/mol. The maximum atomic E-state index is 12.7. The molecule has 9 heteroatoms. The zero-order chi connectivity index (χ0) is 19.7. The van der Waals surface area contributed by atoms with Gasteiger partial charge in [0.15, 0.2) is 11.5 Å². The van der Waals surface area contributed by atoms with E-state index in [0.29, 0.717) is 41.6 Å². The number of nitrogens with zero attached hydrogens (tertiary/aromatic N) is 2. The maximum absolute atomic E-state index is 12.7. The van der Waals surface area contributed by atoms with Crippen LogP contribution in [0, 0.1) is 11.3 Å². The van der Waals surface area contributed by atoms with Crippen LogP contribution in [0.3, 0.4) is 0 Å². The third-order valence-corrected chi connectivity index (χ3v) is 5.77. The van der Waals surface area contributed by atoms with Gasteiger partial charge >= 0.3 is 6.09 Å². The average molecular weight is 399 g/mol. The number of carbonyl (C=O) groups is 2. The number of carbonyl (C=O) groups excluding carboxylic acids is 2. The Balaban J connectivity index is 1.51. The fraction of sp³-hybridized carbons (Fsp3) is 0.316. The number of thiophene rings is 1. The highest BCUT2D eigenvalue weighted by atomic mass is 32.1. The zero-order valence-electron chi connectivity index (χ0n) is 15.1. The normalized spacial score (nSPS) is 17.3. The molecule has 2 amide bonds. The van der Waals surface area contributed by atoms with Crippen LogP contribution < -0.4 is 14.8 Å². The summed E-state index contributed by atoms with van der Waals surface area (Å²) in [6, 6.07) is 9.32. The van der Waals surface area contributed by atoms with Crippen molar-refractivity contribution in [3.05, 3.63) is 40.3 Å². The summed E-state index contributed by atoms with van der Waals surface area (Å²) in [6.07, 6.45) is -0.683. The van der Waals surface area contributed by atoms with Gasteiger partial charge in [0, 0.05) is 11.4 Å². The second-order valence-electron chi connectivity index (χ2n) is 6.31. The van der Waals surface area contributed by atoms with Crippen LogP contribution in [0.4, 0.5) is 9.80 Å². The van der Waals surface area contributed by atoms with Gasteiger partial charge in [0.25, 0.3) is 5.91 Å². The van der Waals surface area contributed by atoms with Gasteiger partial charge in [-0.2, -0.15) is 5.26 Å². The molecule has 0 fully saturated rings. The minimum atomic E-state index is -0.813. The molecule has 2 aliphatic rings. The summed E-state index contributed by atoms with van der Waals surface area (Å²) in [4.78, 5) is 26.9. The Hall–Kier alpha value is -3.25. The standard InChI is InChI=1S/C19H17N3O5S/c1-25-19(24)22-7-6-11-12(8-20)18(28-16(11)9-22)21-17(23)15-10-26-13-4-2-3-5-14(13)27-15/h2-5,15H,6-7,9-10H2,1H3,(H,21,23)/t15-/m1/s1. The Morgan fingerprint density at radius 1 is 1.36 bits per heavy atom. The maximum Gasteiger partial charge on any atom is 0.409 e. The zero-order valence-corrected chi connectivity index (χ0v) is 15.9. The van der Waals surface area contributed by atoms with Crippen molar-refractivity contribution in [1.29, 1.82) is 5.26 Å². The summed E-state index contributed by atoms with van der Waals surface area (Å²) in [5.74, 6) is 0.724. The van der Waals surface area contributed by atoms with Gasteiger partial charge in [-0.3, -0.25) is 4.79 Å². The molecule has 1 aromatic heterocycles. The Morgan fingerprint density at radius 3 is 2.89 bits per heavy atom. The molecular weight excluding hydrogens is 382 g/mol. The first-order valence-electron chi connectivity index (χ1n) is 8.67. The van der Waals surface area contributed by atoms with Crippen LogP contribution in [0.25, 0.3) is 0 Å². The van der Waals surface area contributed by atoms with E-state index in [1.165, 1.54) is 18.4 Å². The molecule has 0 radical (unpaired) electrons. The van der Waals surface area contributed by atoms with Crippen molar-refractivity contribution < 1.29 is 23.8 Å². The molecule has 0 spiro atoms. The van der Waals surface area contributed by atoms with Crippen molar-refractivity contribution in [3.63, 3.8) is 0 Å². The number of nitriles is 1. The summed E-state index contributed by atoms with van der Waals surface area (Å²) in [7, 11) is 1.34. The summed E-state index contributed by atoms with van der Waals surface area (Å²) in [5, 5.41) is 12.8. The number of fused-ring (bicyclic) bond motifs is 2. The van der Waals surface area contributed by atoms with E-state index >= 15 is 0 Å². The van der Waals surface area contributed by atoms with E-state index in [1.54, 1.807) is 23.1 Å². The molecule has 0 saturated carbocycles. The van der Waals surface area contributed by atoms with E-state index in [9.17, 15) is 14.9 Å². The van der Waals surface area contributed by atoms with Gasteiger partial charge in [-0.1, -0.05) is 12.1 Å². The van der Waals surface area contributed by atoms with E-state index in [4.69, 9.17) is 14.2 Å². The lowest BCUT2D eigenvalue weighted by atomic mass is 10.0. The molecule has 1 aromatic carbocycles. The van der Waals surface area contributed by atoms with Gasteiger partial charge in [-0.25, -0.2) is 4.79 Å². The number of amides is 2. The number of ether oxygens (including phenoxy) is 3. The molecule has 4 rings (SSSR count). The molecule has 3 heterocycles. The molecule has 8 nitrogen and oxygen atoms in total. The summed E-state index contributed by atoms with van der Waals surface area (Å²) < 4.78 is 16.1. The molecule has 2 aromatic rings. The first-order chi connectivity index (χ1) is 13.6. The van der Waals surface area contributed by atoms with Crippen LogP contribution in [0.1, 0.15) is 16.0 Å². The van der Waals surface area contributed by atoms with Crippen LogP contribution in [0.2, 0.25) is 0 Å². The van der Waals surface area contributed by atoms with E-state index < -0.39 is 12.2 Å². The number of nitrogens with one attached hydrogen (secondary N) is 1. The van der Waals surface area contributed by atoms with E-state index in [2.05, 4.69) is 11.4 Å². The van der Waals surface area contributed by atoms with Gasteiger partial charge in [0.05, 0.1) is 19.2 Å². The molecule has 0 bridgehead atoms. The van der Waals surface area contributed by atoms with Gasteiger partial charge < -0.3 is 24.4 Å². The van der Waals surface area contributed by atoms with Gasteiger partial charge in [-0.05, 0) is 24.1 Å². The second-order valence-corrected chi connectivity index (χ2v) is 7.42. The third kappa shape index (κ3) is 3.23. The third-order valence-electron chi connectivity index (χ3n) is 4.64. The van der Waals surface area contributed by atoms with Crippen molar-refractivity contribution in [2.45, 2.75) is 19.1 Å². The topological polar surface area (TPSA) is 101 Å². The van der Waals surface area contributed by atoms with Gasteiger partial charge in [0.2, 0.25) is 6.10 Å². The smallest absolute Gasteiger partial charge is 0.409 e. The Bertz CT molecular complexity index is 980. The number of methoxy groups -OCH3 is 1. The largest absolute Gasteiger partial charge is 0.485 e. The lowest BCUT2D eigenvalue weighted by Gasteiger charge is -2.25. The molecule has 0 unspecified atom stereocenters. The summed E-state index contributed by atoms with van der Waals surface area (Å²) >= 11 is 1.30. The molecule has 1 N–H and O–H groups in total. The van der Waals surface area contributed by atoms with Crippen LogP contribution >= 0.6 is 11.3 Å². The fourth-order valence-corrected chi connectivity index (χ4v) is 4.45. The molecule has 1 atom stereocenters. The lowest BCUT2D eigenvalue weighted by Crippen LogP contribution is -2.40. The van der Waals surface area contributed by atoms with E-state index in [-0.39, 0.29) is 12.5 Å². The fourth-order valence-electron chi connectivity index (χ4n) is 3.24. The van der Waals surface area contributed by atoms with Crippen molar-refractivity contribution in [3.8, 4) is 17.6 Å². The predicted octanol–water partition coefficient (Wildman–Crippen LogP) is 2.52. The van der Waals surface area contributed by atoms with Crippen LogP contribution in [0.15, 0.2) is 24.3 Å². The number of hydrogen-bond acceptors (Lipinski definition) is 7. The molecule has 0 saturated heterocycles. The molecule has 28 heavy (non-hydrogen) atoms. The number of hydrogen-bond donors (Lipinski definition) is 1. The van der Waals surface area contributed by atoms with Crippen molar-refractivity contribution >= 4 is 28.3 Å².